The highest BCUT2D eigenvalue weighted by Crippen LogP contribution is 2.10. The van der Waals surface area contributed by atoms with Gasteiger partial charge < -0.3 is 5.32 Å². The van der Waals surface area contributed by atoms with Gasteiger partial charge in [-0.1, -0.05) is 42.5 Å². The van der Waals surface area contributed by atoms with Gasteiger partial charge in [0, 0.05) is 6.08 Å². The van der Waals surface area contributed by atoms with Gasteiger partial charge in [-0.05, 0) is 30.2 Å². The lowest BCUT2D eigenvalue weighted by Gasteiger charge is -2.12. The fraction of sp³-hybridized carbons (Fsp3) is 0.125. The Morgan fingerprint density at radius 3 is 2.65 bits per heavy atom. The molecule has 1 amide bonds. The number of carbonyl (C=O) groups excluding carboxylic acids is 1. The molecule has 0 spiro atoms. The molecule has 2 radical (unpaired) electrons. The lowest BCUT2D eigenvalue weighted by molar-refractivity contribution is -0.117. The highest BCUT2D eigenvalue weighted by atomic mass is 16.1. The van der Waals surface area contributed by atoms with Crippen LogP contribution in [0.2, 0.25) is 0 Å². The molecule has 1 aromatic carbocycles. The quantitative estimate of drug-likeness (QED) is 0.674. The first-order valence-electron chi connectivity index (χ1n) is 6.41. The zero-order valence-electron chi connectivity index (χ0n) is 11.3. The van der Waals surface area contributed by atoms with Crippen LogP contribution in [0.4, 0.5) is 0 Å². The van der Waals surface area contributed by atoms with Crippen molar-refractivity contribution < 1.29 is 4.79 Å². The van der Waals surface area contributed by atoms with Crippen molar-refractivity contribution in [2.75, 3.05) is 0 Å². The van der Waals surface area contributed by atoms with Gasteiger partial charge in [-0.2, -0.15) is 0 Å². The summed E-state index contributed by atoms with van der Waals surface area (Å²) in [5.74, 6) is -0.162. The molecule has 0 aliphatic heterocycles. The third-order valence-corrected chi connectivity index (χ3v) is 2.86. The average molecular weight is 262 g/mol. The molecule has 2 rings (SSSR count). The monoisotopic (exact) mass is 262 g/mol. The molecule has 1 atom stereocenters. The lowest BCUT2D eigenvalue weighted by atomic mass is 10.0. The summed E-state index contributed by atoms with van der Waals surface area (Å²) in [7, 11) is 5.58. The highest BCUT2D eigenvalue weighted by Gasteiger charge is 2.06. The molecule has 20 heavy (non-hydrogen) atoms. The zero-order chi connectivity index (χ0) is 14.4. The van der Waals surface area contributed by atoms with E-state index in [9.17, 15) is 4.79 Å². The molecular formula is C16H15BN2O. The fourth-order valence-electron chi connectivity index (χ4n) is 1.81. The van der Waals surface area contributed by atoms with Crippen LogP contribution in [0.25, 0.3) is 6.08 Å². The molecular weight excluding hydrogens is 247 g/mol. The smallest absolute Gasteiger partial charge is 0.244 e. The molecule has 98 valence electrons. The minimum atomic E-state index is -0.162. The Balaban J connectivity index is 1.96. The van der Waals surface area contributed by atoms with E-state index in [-0.39, 0.29) is 11.9 Å². The van der Waals surface area contributed by atoms with Gasteiger partial charge in [-0.25, -0.2) is 0 Å². The number of amides is 1. The van der Waals surface area contributed by atoms with Crippen LogP contribution in [0, 0.1) is 0 Å². The summed E-state index contributed by atoms with van der Waals surface area (Å²) in [6.07, 6.45) is 3.10. The topological polar surface area (TPSA) is 42.0 Å². The van der Waals surface area contributed by atoms with Crippen LogP contribution >= 0.6 is 0 Å². The summed E-state index contributed by atoms with van der Waals surface area (Å²) < 4.78 is 0. The second kappa shape index (κ2) is 6.71. The summed E-state index contributed by atoms with van der Waals surface area (Å²) in [6, 6.07) is 15.1. The molecule has 0 aliphatic carbocycles. The number of hydrogen-bond donors (Lipinski definition) is 1. The maximum atomic E-state index is 11.8. The summed E-state index contributed by atoms with van der Waals surface area (Å²) in [4.78, 5) is 15.9. The van der Waals surface area contributed by atoms with Gasteiger partial charge in [0.2, 0.25) is 5.91 Å². The number of nitrogens with one attached hydrogen (secondary N) is 1. The molecule has 4 heteroatoms. The molecule has 0 fully saturated rings. The summed E-state index contributed by atoms with van der Waals surface area (Å²) in [5.41, 5.74) is 2.16. The predicted molar refractivity (Wildman–Crippen MR) is 81.7 cm³/mol. The van der Waals surface area contributed by atoms with Crippen LogP contribution in [0.3, 0.4) is 0 Å². The van der Waals surface area contributed by atoms with Crippen molar-refractivity contribution in [3.63, 3.8) is 0 Å². The molecule has 1 N–H and O–H groups in total. The standard InChI is InChI=1S/C16H15BN2O/c1-12(13-6-3-2-4-7-13)18-16(20)11-10-14-8-5-9-15(17)19-14/h2-12H,1H3,(H,18,20)/b11-10+/t12-/m0/s1. The maximum absolute atomic E-state index is 11.8. The van der Waals surface area contributed by atoms with E-state index < -0.39 is 0 Å². The minimum absolute atomic E-state index is 0.0397. The number of hydrogen-bond acceptors (Lipinski definition) is 2. The molecule has 0 aliphatic rings. The van der Waals surface area contributed by atoms with E-state index in [1.54, 1.807) is 24.3 Å². The maximum Gasteiger partial charge on any atom is 0.244 e. The van der Waals surface area contributed by atoms with Crippen molar-refractivity contribution in [1.29, 1.82) is 0 Å². The summed E-state index contributed by atoms with van der Waals surface area (Å²) >= 11 is 0. The van der Waals surface area contributed by atoms with E-state index in [4.69, 9.17) is 7.85 Å². The number of nitrogens with zero attached hydrogens (tertiary/aromatic N) is 1. The number of rotatable bonds is 4. The molecule has 0 unspecified atom stereocenters. The SMILES string of the molecule is [B]c1cccc(/C=C/C(=O)N[C@@H](C)c2ccccc2)n1. The van der Waals surface area contributed by atoms with E-state index in [1.807, 2.05) is 37.3 Å². The zero-order valence-corrected chi connectivity index (χ0v) is 11.3. The first kappa shape index (κ1) is 14.1. The second-order valence-electron chi connectivity index (χ2n) is 4.46. The Morgan fingerprint density at radius 1 is 1.20 bits per heavy atom. The van der Waals surface area contributed by atoms with E-state index in [0.717, 1.165) is 5.56 Å². The second-order valence-corrected chi connectivity index (χ2v) is 4.46. The van der Waals surface area contributed by atoms with Gasteiger partial charge in [-0.3, -0.25) is 9.78 Å². The Bertz CT molecular complexity index is 611. The van der Waals surface area contributed by atoms with Crippen molar-refractivity contribution in [3.8, 4) is 0 Å². The van der Waals surface area contributed by atoms with Gasteiger partial charge in [-0.15, -0.1) is 0 Å². The Morgan fingerprint density at radius 2 is 1.95 bits per heavy atom. The first-order chi connectivity index (χ1) is 9.65. The molecule has 0 saturated carbocycles. The fourth-order valence-corrected chi connectivity index (χ4v) is 1.81. The Hall–Kier alpha value is -2.36. The number of aromatic nitrogens is 1. The molecule has 2 aromatic rings. The van der Waals surface area contributed by atoms with Crippen molar-refractivity contribution in [3.05, 3.63) is 65.9 Å². The van der Waals surface area contributed by atoms with Crippen molar-refractivity contribution in [1.82, 2.24) is 10.3 Å². The summed E-state index contributed by atoms with van der Waals surface area (Å²) in [5, 5.41) is 2.90. The van der Waals surface area contributed by atoms with E-state index in [2.05, 4.69) is 10.3 Å². The number of benzene rings is 1. The van der Waals surface area contributed by atoms with Gasteiger partial charge in [0.05, 0.1) is 11.7 Å². The highest BCUT2D eigenvalue weighted by molar-refractivity contribution is 6.30. The van der Waals surface area contributed by atoms with Crippen LogP contribution in [0.1, 0.15) is 24.2 Å². The van der Waals surface area contributed by atoms with Gasteiger partial charge in [0.15, 0.2) is 0 Å². The van der Waals surface area contributed by atoms with E-state index in [1.165, 1.54) is 6.08 Å². The summed E-state index contributed by atoms with van der Waals surface area (Å²) in [6.45, 7) is 1.94. The Kier molecular flexibility index (Phi) is 4.72. The minimum Gasteiger partial charge on any atom is -0.346 e. The van der Waals surface area contributed by atoms with Crippen LogP contribution in [0.5, 0.6) is 0 Å². The lowest BCUT2D eigenvalue weighted by Crippen LogP contribution is -2.24. The molecule has 3 nitrogen and oxygen atoms in total. The third kappa shape index (κ3) is 4.09. The number of carbonyl (C=O) groups is 1. The Labute approximate surface area is 120 Å². The molecule has 0 saturated heterocycles. The van der Waals surface area contributed by atoms with Gasteiger partial charge in [0.1, 0.15) is 7.85 Å². The van der Waals surface area contributed by atoms with E-state index in [0.29, 0.717) is 11.3 Å². The van der Waals surface area contributed by atoms with Crippen LogP contribution in [0.15, 0.2) is 54.6 Å². The van der Waals surface area contributed by atoms with Crippen LogP contribution in [-0.4, -0.2) is 18.7 Å². The normalized spacial score (nSPS) is 12.2. The average Bonchev–Trinajstić information content (AvgIpc) is 2.46. The molecule has 1 aromatic heterocycles. The van der Waals surface area contributed by atoms with Crippen molar-refractivity contribution in [2.24, 2.45) is 0 Å². The molecule has 0 bridgehead atoms. The van der Waals surface area contributed by atoms with Crippen LogP contribution in [-0.2, 0) is 4.79 Å². The van der Waals surface area contributed by atoms with Gasteiger partial charge in [0.25, 0.3) is 0 Å². The third-order valence-electron chi connectivity index (χ3n) is 2.86. The first-order valence-corrected chi connectivity index (χ1v) is 6.41. The number of pyridine rings is 1. The van der Waals surface area contributed by atoms with Crippen molar-refractivity contribution in [2.45, 2.75) is 13.0 Å². The molecule has 1 heterocycles. The van der Waals surface area contributed by atoms with Crippen molar-refractivity contribution >= 4 is 25.4 Å². The largest absolute Gasteiger partial charge is 0.346 e. The van der Waals surface area contributed by atoms with Gasteiger partial charge >= 0.3 is 0 Å². The van der Waals surface area contributed by atoms with Crippen LogP contribution < -0.4 is 10.9 Å². The predicted octanol–water partition coefficient (Wildman–Crippen LogP) is 1.77. The van der Waals surface area contributed by atoms with E-state index >= 15 is 0 Å².